The van der Waals surface area contributed by atoms with Gasteiger partial charge in [-0.1, -0.05) is 41.6 Å². The molecule has 1 aromatic heterocycles. The molecule has 3 aromatic rings. The van der Waals surface area contributed by atoms with Crippen molar-refractivity contribution in [3.63, 3.8) is 0 Å². The molecule has 0 saturated carbocycles. The van der Waals surface area contributed by atoms with Crippen LogP contribution < -0.4 is 15.2 Å². The second-order valence-electron chi connectivity index (χ2n) is 6.22. The molecule has 1 unspecified atom stereocenters. The number of hydrogen-bond donors (Lipinski definition) is 1. The third-order valence-corrected chi connectivity index (χ3v) is 4.69. The Labute approximate surface area is 167 Å². The lowest BCUT2D eigenvalue weighted by molar-refractivity contribution is 0.351. The van der Waals surface area contributed by atoms with Gasteiger partial charge in [-0.15, -0.1) is 0 Å². The van der Waals surface area contributed by atoms with Crippen LogP contribution in [0.1, 0.15) is 22.9 Å². The van der Waals surface area contributed by atoms with Crippen molar-refractivity contribution in [1.82, 2.24) is 10.1 Å². The summed E-state index contributed by atoms with van der Waals surface area (Å²) in [5.41, 5.74) is 8.06. The van der Waals surface area contributed by atoms with Crippen molar-refractivity contribution in [1.29, 1.82) is 0 Å². The van der Waals surface area contributed by atoms with E-state index in [0.29, 0.717) is 35.2 Å². The Morgan fingerprint density at radius 1 is 1.18 bits per heavy atom. The summed E-state index contributed by atoms with van der Waals surface area (Å²) in [5, 5.41) is 3.90. The molecule has 3 rings (SSSR count). The van der Waals surface area contributed by atoms with Gasteiger partial charge in [0, 0.05) is 30.0 Å². The summed E-state index contributed by atoms with van der Waals surface area (Å²) in [4.78, 5) is 4.40. The second-order valence-corrected chi connectivity index (χ2v) is 6.69. The van der Waals surface area contributed by atoms with Gasteiger partial charge in [-0.25, -0.2) is 4.39 Å². The van der Waals surface area contributed by atoms with Gasteiger partial charge in [0.05, 0.1) is 19.2 Å². The summed E-state index contributed by atoms with van der Waals surface area (Å²) < 4.78 is 30.1. The minimum Gasteiger partial charge on any atom is -0.493 e. The zero-order chi connectivity index (χ0) is 20.3. The first kappa shape index (κ1) is 19.8. The molecule has 1 atom stereocenters. The van der Waals surface area contributed by atoms with Gasteiger partial charge in [0.15, 0.2) is 11.5 Å². The molecule has 0 amide bonds. The van der Waals surface area contributed by atoms with Crippen molar-refractivity contribution in [2.75, 3.05) is 14.2 Å². The third-order valence-electron chi connectivity index (χ3n) is 4.40. The average Bonchev–Trinajstić information content (AvgIpc) is 3.12. The molecule has 1 heterocycles. The lowest BCUT2D eigenvalue weighted by atomic mass is 9.90. The Kier molecular flexibility index (Phi) is 5.89. The van der Waals surface area contributed by atoms with Crippen LogP contribution in [0.4, 0.5) is 4.39 Å². The Morgan fingerprint density at radius 2 is 1.82 bits per heavy atom. The predicted octanol–water partition coefficient (Wildman–Crippen LogP) is 3.81. The summed E-state index contributed by atoms with van der Waals surface area (Å²) in [6, 6.07) is 10.4. The molecule has 0 saturated heterocycles. The number of rotatable bonds is 7. The van der Waals surface area contributed by atoms with Crippen LogP contribution in [0.3, 0.4) is 0 Å². The van der Waals surface area contributed by atoms with E-state index in [2.05, 4.69) is 10.1 Å². The first-order valence-electron chi connectivity index (χ1n) is 8.53. The number of aryl methyl sites for hydroxylation is 1. The van der Waals surface area contributed by atoms with Crippen LogP contribution in [-0.2, 0) is 6.42 Å². The van der Waals surface area contributed by atoms with Gasteiger partial charge < -0.3 is 19.7 Å². The Bertz CT molecular complexity index is 989. The smallest absolute Gasteiger partial charge is 0.223 e. The number of thiocarbonyl (C=S) groups is 1. The van der Waals surface area contributed by atoms with Gasteiger partial charge in [-0.2, -0.15) is 4.98 Å². The van der Waals surface area contributed by atoms with Crippen molar-refractivity contribution in [3.05, 3.63) is 59.2 Å². The van der Waals surface area contributed by atoms with E-state index in [1.165, 1.54) is 20.3 Å². The van der Waals surface area contributed by atoms with Gasteiger partial charge in [0.2, 0.25) is 11.7 Å². The van der Waals surface area contributed by atoms with Gasteiger partial charge in [0.25, 0.3) is 0 Å². The van der Waals surface area contributed by atoms with E-state index in [1.54, 1.807) is 13.0 Å². The Morgan fingerprint density at radius 3 is 2.36 bits per heavy atom. The number of hydrogen-bond acceptors (Lipinski definition) is 6. The zero-order valence-electron chi connectivity index (χ0n) is 15.7. The van der Waals surface area contributed by atoms with Crippen molar-refractivity contribution in [2.24, 2.45) is 5.73 Å². The van der Waals surface area contributed by atoms with Crippen LogP contribution in [0, 0.1) is 12.7 Å². The van der Waals surface area contributed by atoms with Crippen LogP contribution in [-0.4, -0.2) is 29.3 Å². The molecule has 28 heavy (non-hydrogen) atoms. The van der Waals surface area contributed by atoms with Gasteiger partial charge in [-0.05, 0) is 18.1 Å². The van der Waals surface area contributed by atoms with E-state index in [-0.39, 0.29) is 4.99 Å². The van der Waals surface area contributed by atoms with E-state index in [1.807, 2.05) is 24.3 Å². The fourth-order valence-electron chi connectivity index (χ4n) is 2.94. The van der Waals surface area contributed by atoms with Crippen molar-refractivity contribution in [3.8, 4) is 22.9 Å². The molecule has 0 bridgehead atoms. The van der Waals surface area contributed by atoms with Crippen LogP contribution >= 0.6 is 12.2 Å². The molecule has 0 fully saturated rings. The van der Waals surface area contributed by atoms with Crippen molar-refractivity contribution < 1.29 is 18.4 Å². The number of benzene rings is 2. The predicted molar refractivity (Wildman–Crippen MR) is 107 cm³/mol. The molecular weight excluding hydrogens is 381 g/mol. The Balaban J connectivity index is 1.89. The van der Waals surface area contributed by atoms with Gasteiger partial charge in [-0.3, -0.25) is 0 Å². The van der Waals surface area contributed by atoms with E-state index in [4.69, 9.17) is 31.9 Å². The zero-order valence-corrected chi connectivity index (χ0v) is 16.5. The number of aromatic nitrogens is 2. The molecular formula is C20H20FN3O3S. The summed E-state index contributed by atoms with van der Waals surface area (Å²) >= 11 is 5.21. The molecule has 0 aliphatic carbocycles. The average molecular weight is 401 g/mol. The first-order chi connectivity index (χ1) is 13.4. The van der Waals surface area contributed by atoms with E-state index >= 15 is 0 Å². The highest BCUT2D eigenvalue weighted by Crippen LogP contribution is 2.34. The van der Waals surface area contributed by atoms with Gasteiger partial charge >= 0.3 is 0 Å². The quantitative estimate of drug-likeness (QED) is 0.603. The highest BCUT2D eigenvalue weighted by Gasteiger charge is 2.22. The maximum Gasteiger partial charge on any atom is 0.223 e. The van der Waals surface area contributed by atoms with E-state index in [9.17, 15) is 4.39 Å². The maximum atomic E-state index is 14.7. The number of methoxy groups -OCH3 is 2. The number of nitrogens with zero attached hydrogens (tertiary/aromatic N) is 2. The molecule has 0 aliphatic heterocycles. The molecule has 2 N–H and O–H groups in total. The molecule has 0 aliphatic rings. The topological polar surface area (TPSA) is 83.4 Å². The normalized spacial score (nSPS) is 11.9. The molecule has 8 heteroatoms. The number of halogens is 1. The minimum atomic E-state index is -0.493. The largest absolute Gasteiger partial charge is 0.493 e. The molecule has 0 spiro atoms. The highest BCUT2D eigenvalue weighted by molar-refractivity contribution is 7.80. The van der Waals surface area contributed by atoms with Crippen LogP contribution in [0.15, 0.2) is 40.9 Å². The first-order valence-corrected chi connectivity index (χ1v) is 8.94. The molecule has 6 nitrogen and oxygen atoms in total. The summed E-state index contributed by atoms with van der Waals surface area (Å²) in [6.07, 6.45) is 0.438. The lowest BCUT2D eigenvalue weighted by Gasteiger charge is -2.19. The molecule has 146 valence electrons. The SMILES string of the molecule is COc1cc(F)c(C(Cc2ccc(-c3noc(C)n3)cc2)C(N)=S)cc1OC. The summed E-state index contributed by atoms with van der Waals surface area (Å²) in [7, 11) is 2.95. The maximum absolute atomic E-state index is 14.7. The van der Waals surface area contributed by atoms with Crippen LogP contribution in [0.25, 0.3) is 11.4 Å². The van der Waals surface area contributed by atoms with E-state index in [0.717, 1.165) is 11.1 Å². The minimum absolute atomic E-state index is 0.198. The van der Waals surface area contributed by atoms with E-state index < -0.39 is 11.7 Å². The third kappa shape index (κ3) is 4.12. The summed E-state index contributed by atoms with van der Waals surface area (Å²) in [5.74, 6) is 0.799. The lowest BCUT2D eigenvalue weighted by Crippen LogP contribution is -2.22. The van der Waals surface area contributed by atoms with Crippen molar-refractivity contribution in [2.45, 2.75) is 19.3 Å². The molecule has 0 radical (unpaired) electrons. The fraction of sp³-hybridized carbons (Fsp3) is 0.250. The number of ether oxygens (including phenoxy) is 2. The van der Waals surface area contributed by atoms with Crippen molar-refractivity contribution >= 4 is 17.2 Å². The number of nitrogens with two attached hydrogens (primary N) is 1. The molecule has 2 aromatic carbocycles. The summed E-state index contributed by atoms with van der Waals surface area (Å²) in [6.45, 7) is 1.73. The Hall–Kier alpha value is -3.00. The second kappa shape index (κ2) is 8.35. The van der Waals surface area contributed by atoms with Crippen LogP contribution in [0.2, 0.25) is 0 Å². The standard InChI is InChI=1S/C20H20FN3O3S/c1-11-23-20(24-27-11)13-6-4-12(5-7-13)8-15(19(22)28)14-9-17(25-2)18(26-3)10-16(14)21/h4-7,9-10,15H,8H2,1-3H3,(H2,22,28). The fourth-order valence-corrected chi connectivity index (χ4v) is 3.15. The van der Waals surface area contributed by atoms with Crippen LogP contribution in [0.5, 0.6) is 11.5 Å². The van der Waals surface area contributed by atoms with Gasteiger partial charge in [0.1, 0.15) is 5.82 Å². The monoisotopic (exact) mass is 401 g/mol. The highest BCUT2D eigenvalue weighted by atomic mass is 32.1.